The van der Waals surface area contributed by atoms with Crippen LogP contribution in [0.4, 0.5) is 0 Å². The van der Waals surface area contributed by atoms with Gasteiger partial charge in [-0.15, -0.1) is 0 Å². The minimum atomic E-state index is -0.123. The molecule has 0 aromatic rings. The zero-order valence-corrected chi connectivity index (χ0v) is 10.2. The molecule has 0 aromatic carbocycles. The highest BCUT2D eigenvalue weighted by molar-refractivity contribution is 5.73. The van der Waals surface area contributed by atoms with Gasteiger partial charge in [0.1, 0.15) is 0 Å². The molecule has 2 unspecified atom stereocenters. The van der Waals surface area contributed by atoms with Crippen LogP contribution in [0.25, 0.3) is 0 Å². The molecule has 0 amide bonds. The second kappa shape index (κ2) is 5.35. The number of methoxy groups -OCH3 is 1. The van der Waals surface area contributed by atoms with Crippen LogP contribution in [0.2, 0.25) is 0 Å². The maximum atomic E-state index is 11.5. The number of rotatable bonds is 4. The van der Waals surface area contributed by atoms with E-state index >= 15 is 0 Å². The molecule has 0 aliphatic heterocycles. The topological polar surface area (TPSA) is 38.3 Å². The average molecular weight is 201 g/mol. The normalized spacial score (nSPS) is 16.1. The average Bonchev–Trinajstić information content (AvgIpc) is 2.10. The van der Waals surface area contributed by atoms with Gasteiger partial charge in [0.2, 0.25) is 0 Å². The van der Waals surface area contributed by atoms with E-state index in [1.807, 2.05) is 14.0 Å². The SMILES string of the molecule is CCC(C(=O)OC)C(NC)C(C)(C)C. The van der Waals surface area contributed by atoms with Gasteiger partial charge < -0.3 is 10.1 Å². The van der Waals surface area contributed by atoms with E-state index in [1.54, 1.807) is 0 Å². The van der Waals surface area contributed by atoms with Gasteiger partial charge in [-0.3, -0.25) is 4.79 Å². The number of ether oxygens (including phenoxy) is 1. The van der Waals surface area contributed by atoms with Gasteiger partial charge in [0.25, 0.3) is 0 Å². The smallest absolute Gasteiger partial charge is 0.310 e. The molecule has 0 radical (unpaired) electrons. The molecule has 0 saturated heterocycles. The van der Waals surface area contributed by atoms with E-state index in [2.05, 4.69) is 26.1 Å². The van der Waals surface area contributed by atoms with Crippen molar-refractivity contribution in [3.8, 4) is 0 Å². The first-order valence-corrected chi connectivity index (χ1v) is 5.13. The van der Waals surface area contributed by atoms with Crippen molar-refractivity contribution >= 4 is 5.97 Å². The lowest BCUT2D eigenvalue weighted by Gasteiger charge is -2.35. The van der Waals surface area contributed by atoms with E-state index in [0.29, 0.717) is 0 Å². The molecule has 1 N–H and O–H groups in total. The first-order valence-electron chi connectivity index (χ1n) is 5.13. The van der Waals surface area contributed by atoms with Crippen molar-refractivity contribution in [2.45, 2.75) is 40.2 Å². The van der Waals surface area contributed by atoms with Crippen molar-refractivity contribution in [1.82, 2.24) is 5.32 Å². The summed E-state index contributed by atoms with van der Waals surface area (Å²) >= 11 is 0. The quantitative estimate of drug-likeness (QED) is 0.705. The summed E-state index contributed by atoms with van der Waals surface area (Å²) in [5.74, 6) is -0.188. The second-order valence-corrected chi connectivity index (χ2v) is 4.67. The third-order valence-electron chi connectivity index (χ3n) is 2.59. The van der Waals surface area contributed by atoms with Crippen molar-refractivity contribution < 1.29 is 9.53 Å². The number of hydrogen-bond donors (Lipinski definition) is 1. The summed E-state index contributed by atoms with van der Waals surface area (Å²) in [5.41, 5.74) is 0.0591. The molecule has 3 nitrogen and oxygen atoms in total. The molecular formula is C11H23NO2. The Morgan fingerprint density at radius 1 is 1.43 bits per heavy atom. The van der Waals surface area contributed by atoms with Gasteiger partial charge in [0, 0.05) is 6.04 Å². The Labute approximate surface area is 87.2 Å². The number of esters is 1. The van der Waals surface area contributed by atoms with Crippen molar-refractivity contribution in [3.63, 3.8) is 0 Å². The minimum Gasteiger partial charge on any atom is -0.469 e. The molecule has 0 rings (SSSR count). The summed E-state index contributed by atoms with van der Waals surface area (Å²) in [4.78, 5) is 11.5. The van der Waals surface area contributed by atoms with Gasteiger partial charge in [-0.1, -0.05) is 27.7 Å². The lowest BCUT2D eigenvalue weighted by molar-refractivity contribution is -0.147. The zero-order chi connectivity index (χ0) is 11.4. The lowest BCUT2D eigenvalue weighted by atomic mass is 9.78. The van der Waals surface area contributed by atoms with E-state index in [1.165, 1.54) is 7.11 Å². The summed E-state index contributed by atoms with van der Waals surface area (Å²) in [6, 6.07) is 0.153. The van der Waals surface area contributed by atoms with Crippen LogP contribution < -0.4 is 5.32 Å². The fourth-order valence-corrected chi connectivity index (χ4v) is 1.93. The van der Waals surface area contributed by atoms with E-state index in [4.69, 9.17) is 4.74 Å². The fraction of sp³-hybridized carbons (Fsp3) is 0.909. The molecule has 84 valence electrons. The van der Waals surface area contributed by atoms with Crippen LogP contribution >= 0.6 is 0 Å². The Morgan fingerprint density at radius 3 is 2.14 bits per heavy atom. The van der Waals surface area contributed by atoms with Crippen molar-refractivity contribution in [2.24, 2.45) is 11.3 Å². The number of carbonyl (C=O) groups is 1. The molecule has 0 aromatic heterocycles. The highest BCUT2D eigenvalue weighted by Gasteiger charge is 2.34. The van der Waals surface area contributed by atoms with Crippen LogP contribution in [0.3, 0.4) is 0 Å². The first kappa shape index (κ1) is 13.4. The third-order valence-corrected chi connectivity index (χ3v) is 2.59. The molecule has 14 heavy (non-hydrogen) atoms. The van der Waals surface area contributed by atoms with Gasteiger partial charge >= 0.3 is 5.97 Å². The Bertz CT molecular complexity index is 184. The second-order valence-electron chi connectivity index (χ2n) is 4.67. The maximum Gasteiger partial charge on any atom is 0.310 e. The largest absolute Gasteiger partial charge is 0.469 e. The Hall–Kier alpha value is -0.570. The highest BCUT2D eigenvalue weighted by Crippen LogP contribution is 2.27. The lowest BCUT2D eigenvalue weighted by Crippen LogP contribution is -2.47. The van der Waals surface area contributed by atoms with Gasteiger partial charge in [0.05, 0.1) is 13.0 Å². The van der Waals surface area contributed by atoms with Crippen LogP contribution in [-0.4, -0.2) is 26.2 Å². The van der Waals surface area contributed by atoms with E-state index in [-0.39, 0.29) is 23.3 Å². The number of nitrogens with one attached hydrogen (secondary N) is 1. The molecule has 2 atom stereocenters. The van der Waals surface area contributed by atoms with Crippen molar-refractivity contribution in [3.05, 3.63) is 0 Å². The van der Waals surface area contributed by atoms with Gasteiger partial charge in [-0.05, 0) is 18.9 Å². The number of hydrogen-bond acceptors (Lipinski definition) is 3. The Kier molecular flexibility index (Phi) is 5.13. The van der Waals surface area contributed by atoms with E-state index in [0.717, 1.165) is 6.42 Å². The Balaban J connectivity index is 4.70. The van der Waals surface area contributed by atoms with Crippen LogP contribution in [0, 0.1) is 11.3 Å². The van der Waals surface area contributed by atoms with Gasteiger partial charge in [-0.2, -0.15) is 0 Å². The third kappa shape index (κ3) is 3.29. The molecule has 0 aliphatic carbocycles. The predicted octanol–water partition coefficient (Wildman–Crippen LogP) is 1.82. The van der Waals surface area contributed by atoms with Crippen molar-refractivity contribution in [2.75, 3.05) is 14.2 Å². The molecule has 0 fully saturated rings. The van der Waals surface area contributed by atoms with Crippen LogP contribution in [0.15, 0.2) is 0 Å². The predicted molar refractivity (Wildman–Crippen MR) is 58.1 cm³/mol. The standard InChI is InChI=1S/C11H23NO2/c1-7-8(10(13)14-6)9(12-5)11(2,3)4/h8-9,12H,7H2,1-6H3. The molecule has 0 spiro atoms. The molecule has 0 aliphatic rings. The van der Waals surface area contributed by atoms with Gasteiger partial charge in [0.15, 0.2) is 0 Å². The van der Waals surface area contributed by atoms with E-state index < -0.39 is 0 Å². The monoisotopic (exact) mass is 201 g/mol. The summed E-state index contributed by atoms with van der Waals surface area (Å²) in [6.45, 7) is 8.39. The molecule has 0 bridgehead atoms. The Morgan fingerprint density at radius 2 is 1.93 bits per heavy atom. The van der Waals surface area contributed by atoms with Crippen LogP contribution in [0.1, 0.15) is 34.1 Å². The minimum absolute atomic E-state index is 0.0591. The van der Waals surface area contributed by atoms with Crippen LogP contribution in [-0.2, 0) is 9.53 Å². The summed E-state index contributed by atoms with van der Waals surface area (Å²) in [7, 11) is 3.34. The summed E-state index contributed by atoms with van der Waals surface area (Å²) < 4.78 is 4.80. The molecular weight excluding hydrogens is 178 g/mol. The first-order chi connectivity index (χ1) is 6.38. The van der Waals surface area contributed by atoms with Crippen molar-refractivity contribution in [1.29, 1.82) is 0 Å². The molecule has 0 heterocycles. The zero-order valence-electron chi connectivity index (χ0n) is 10.2. The summed E-state index contributed by atoms with van der Waals surface area (Å²) in [6.07, 6.45) is 0.801. The fourth-order valence-electron chi connectivity index (χ4n) is 1.93. The molecule has 3 heteroatoms. The number of carbonyl (C=O) groups excluding carboxylic acids is 1. The highest BCUT2D eigenvalue weighted by atomic mass is 16.5. The maximum absolute atomic E-state index is 11.5. The van der Waals surface area contributed by atoms with Gasteiger partial charge in [-0.25, -0.2) is 0 Å². The molecule has 0 saturated carbocycles. The van der Waals surface area contributed by atoms with Crippen LogP contribution in [0.5, 0.6) is 0 Å². The summed E-state index contributed by atoms with van der Waals surface area (Å²) in [5, 5.41) is 3.21. The van der Waals surface area contributed by atoms with E-state index in [9.17, 15) is 4.79 Å².